The van der Waals surface area contributed by atoms with Crippen LogP contribution in [0.1, 0.15) is 23.6 Å². The Morgan fingerprint density at radius 3 is 2.59 bits per heavy atom. The highest BCUT2D eigenvalue weighted by atomic mass is 79.9. The summed E-state index contributed by atoms with van der Waals surface area (Å²) >= 11 is 6.69. The molecular formula is C19H20Br2N2O4. The van der Waals surface area contributed by atoms with Gasteiger partial charge in [-0.3, -0.25) is 4.79 Å². The third-order valence-corrected chi connectivity index (χ3v) is 4.67. The van der Waals surface area contributed by atoms with Crippen LogP contribution in [0.25, 0.3) is 0 Å². The SMILES string of the molecule is CCOc1cc(/C=N/NC(=O)COc2c(C)cc(C)cc2Br)cc(Br)c1O. The first-order valence-corrected chi connectivity index (χ1v) is 9.77. The number of halogens is 2. The normalized spacial score (nSPS) is 10.9. The number of ether oxygens (including phenoxy) is 2. The maximum Gasteiger partial charge on any atom is 0.277 e. The number of phenols is 1. The molecular weight excluding hydrogens is 480 g/mol. The fourth-order valence-corrected chi connectivity index (χ4v) is 3.62. The monoisotopic (exact) mass is 498 g/mol. The molecule has 0 aliphatic carbocycles. The Balaban J connectivity index is 1.96. The zero-order valence-electron chi connectivity index (χ0n) is 15.2. The molecule has 0 saturated heterocycles. The van der Waals surface area contributed by atoms with Crippen molar-refractivity contribution in [3.63, 3.8) is 0 Å². The van der Waals surface area contributed by atoms with E-state index in [9.17, 15) is 9.90 Å². The Morgan fingerprint density at radius 1 is 1.19 bits per heavy atom. The van der Waals surface area contributed by atoms with Crippen LogP contribution in [-0.2, 0) is 4.79 Å². The summed E-state index contributed by atoms with van der Waals surface area (Å²) in [5.41, 5.74) is 5.11. The molecule has 0 atom stereocenters. The van der Waals surface area contributed by atoms with Crippen molar-refractivity contribution >= 4 is 44.0 Å². The molecule has 0 radical (unpaired) electrons. The highest BCUT2D eigenvalue weighted by molar-refractivity contribution is 9.10. The first-order chi connectivity index (χ1) is 12.8. The maximum atomic E-state index is 11.9. The summed E-state index contributed by atoms with van der Waals surface area (Å²) < 4.78 is 12.2. The highest BCUT2D eigenvalue weighted by Crippen LogP contribution is 2.35. The Hall–Kier alpha value is -2.06. The van der Waals surface area contributed by atoms with E-state index < -0.39 is 0 Å². The largest absolute Gasteiger partial charge is 0.503 e. The Labute approximate surface area is 174 Å². The summed E-state index contributed by atoms with van der Waals surface area (Å²) in [6.07, 6.45) is 1.46. The molecule has 0 bridgehead atoms. The molecule has 2 rings (SSSR count). The Morgan fingerprint density at radius 2 is 1.93 bits per heavy atom. The van der Waals surface area contributed by atoms with Crippen LogP contribution in [0.15, 0.2) is 38.3 Å². The highest BCUT2D eigenvalue weighted by Gasteiger charge is 2.10. The molecule has 2 N–H and O–H groups in total. The van der Waals surface area contributed by atoms with E-state index in [1.165, 1.54) is 6.21 Å². The summed E-state index contributed by atoms with van der Waals surface area (Å²) in [4.78, 5) is 11.9. The summed E-state index contributed by atoms with van der Waals surface area (Å²) in [6, 6.07) is 7.20. The average Bonchev–Trinajstić information content (AvgIpc) is 2.58. The van der Waals surface area contributed by atoms with E-state index in [4.69, 9.17) is 9.47 Å². The van der Waals surface area contributed by atoms with Gasteiger partial charge in [-0.05, 0) is 87.5 Å². The number of nitrogens with one attached hydrogen (secondary N) is 1. The lowest BCUT2D eigenvalue weighted by Crippen LogP contribution is -2.24. The smallest absolute Gasteiger partial charge is 0.277 e. The lowest BCUT2D eigenvalue weighted by atomic mass is 10.1. The number of aryl methyl sites for hydroxylation is 2. The summed E-state index contributed by atoms with van der Waals surface area (Å²) in [7, 11) is 0. The number of phenolic OH excluding ortho intramolecular Hbond substituents is 1. The van der Waals surface area contributed by atoms with Gasteiger partial charge in [-0.1, -0.05) is 6.07 Å². The van der Waals surface area contributed by atoms with Crippen molar-refractivity contribution in [2.75, 3.05) is 13.2 Å². The van der Waals surface area contributed by atoms with Gasteiger partial charge in [0.25, 0.3) is 5.91 Å². The molecule has 2 aromatic carbocycles. The predicted octanol–water partition coefficient (Wildman–Crippen LogP) is 4.46. The summed E-state index contributed by atoms with van der Waals surface area (Å²) in [5.74, 6) is 0.595. The zero-order valence-corrected chi connectivity index (χ0v) is 18.3. The first-order valence-electron chi connectivity index (χ1n) is 8.18. The van der Waals surface area contributed by atoms with Crippen LogP contribution in [0.2, 0.25) is 0 Å². The minimum Gasteiger partial charge on any atom is -0.503 e. The average molecular weight is 500 g/mol. The second kappa shape index (κ2) is 9.75. The molecule has 27 heavy (non-hydrogen) atoms. The van der Waals surface area contributed by atoms with Gasteiger partial charge in [0.2, 0.25) is 0 Å². The van der Waals surface area contributed by atoms with E-state index in [1.807, 2.05) is 32.9 Å². The maximum absolute atomic E-state index is 11.9. The van der Waals surface area contributed by atoms with Crippen molar-refractivity contribution in [1.82, 2.24) is 5.43 Å². The van der Waals surface area contributed by atoms with Gasteiger partial charge in [0.1, 0.15) is 5.75 Å². The van der Waals surface area contributed by atoms with Crippen LogP contribution in [0, 0.1) is 13.8 Å². The molecule has 0 saturated carbocycles. The van der Waals surface area contributed by atoms with Crippen LogP contribution < -0.4 is 14.9 Å². The number of rotatable bonds is 7. The van der Waals surface area contributed by atoms with Crippen LogP contribution in [0.5, 0.6) is 17.2 Å². The standard InChI is InChI=1S/C19H20Br2N2O4/c1-4-26-16-8-13(7-14(20)18(16)25)9-22-23-17(24)10-27-19-12(3)5-11(2)6-15(19)21/h5-9,25H,4,10H2,1-3H3,(H,23,24)/b22-9+. The van der Waals surface area contributed by atoms with Crippen molar-refractivity contribution in [2.45, 2.75) is 20.8 Å². The number of hydrogen-bond acceptors (Lipinski definition) is 5. The zero-order chi connectivity index (χ0) is 20.0. The molecule has 8 heteroatoms. The summed E-state index contributed by atoms with van der Waals surface area (Å²) in [6.45, 7) is 5.98. The van der Waals surface area contributed by atoms with Crippen molar-refractivity contribution < 1.29 is 19.4 Å². The van der Waals surface area contributed by atoms with Gasteiger partial charge in [0.15, 0.2) is 18.1 Å². The molecule has 0 unspecified atom stereocenters. The van der Waals surface area contributed by atoms with E-state index >= 15 is 0 Å². The summed E-state index contributed by atoms with van der Waals surface area (Å²) in [5, 5.41) is 13.8. The molecule has 1 amide bonds. The van der Waals surface area contributed by atoms with Crippen molar-refractivity contribution in [3.05, 3.63) is 49.9 Å². The van der Waals surface area contributed by atoms with E-state index in [-0.39, 0.29) is 18.3 Å². The predicted molar refractivity (Wildman–Crippen MR) is 112 cm³/mol. The topological polar surface area (TPSA) is 80.2 Å². The third kappa shape index (κ3) is 5.97. The van der Waals surface area contributed by atoms with Gasteiger partial charge in [0.05, 0.1) is 21.8 Å². The van der Waals surface area contributed by atoms with Gasteiger partial charge in [-0.25, -0.2) is 5.43 Å². The minimum atomic E-state index is -0.388. The fraction of sp³-hybridized carbons (Fsp3) is 0.263. The number of amides is 1. The fourth-order valence-electron chi connectivity index (χ4n) is 2.37. The number of aromatic hydroxyl groups is 1. The first kappa shape index (κ1) is 21.2. The van der Waals surface area contributed by atoms with Crippen molar-refractivity contribution in [3.8, 4) is 17.2 Å². The van der Waals surface area contributed by atoms with E-state index in [2.05, 4.69) is 42.4 Å². The molecule has 0 fully saturated rings. The molecule has 0 aliphatic heterocycles. The van der Waals surface area contributed by atoms with Gasteiger partial charge in [-0.15, -0.1) is 0 Å². The molecule has 0 spiro atoms. The van der Waals surface area contributed by atoms with Gasteiger partial charge in [-0.2, -0.15) is 5.10 Å². The molecule has 0 aromatic heterocycles. The van der Waals surface area contributed by atoms with Crippen molar-refractivity contribution in [2.24, 2.45) is 5.10 Å². The van der Waals surface area contributed by atoms with Crippen molar-refractivity contribution in [1.29, 1.82) is 0 Å². The molecule has 144 valence electrons. The number of carbonyl (C=O) groups excluding carboxylic acids is 1. The third-order valence-electron chi connectivity index (χ3n) is 3.47. The second-order valence-electron chi connectivity index (χ2n) is 5.76. The van der Waals surface area contributed by atoms with Gasteiger partial charge >= 0.3 is 0 Å². The minimum absolute atomic E-state index is 0.0190. The second-order valence-corrected chi connectivity index (χ2v) is 7.47. The lowest BCUT2D eigenvalue weighted by molar-refractivity contribution is -0.123. The molecule has 2 aromatic rings. The van der Waals surface area contributed by atoms with Crippen LogP contribution in [0.3, 0.4) is 0 Å². The number of carbonyl (C=O) groups is 1. The van der Waals surface area contributed by atoms with Gasteiger partial charge < -0.3 is 14.6 Å². The van der Waals surface area contributed by atoms with Gasteiger partial charge in [0, 0.05) is 0 Å². The molecule has 6 nitrogen and oxygen atoms in total. The van der Waals surface area contributed by atoms with E-state index in [0.29, 0.717) is 28.1 Å². The number of hydrogen-bond donors (Lipinski definition) is 2. The lowest BCUT2D eigenvalue weighted by Gasteiger charge is -2.11. The molecule has 0 aliphatic rings. The Kier molecular flexibility index (Phi) is 7.67. The number of benzene rings is 2. The van der Waals surface area contributed by atoms with E-state index in [1.54, 1.807) is 12.1 Å². The number of hydrazone groups is 1. The van der Waals surface area contributed by atoms with Crippen LogP contribution in [-0.4, -0.2) is 30.4 Å². The van der Waals surface area contributed by atoms with E-state index in [0.717, 1.165) is 15.6 Å². The molecule has 0 heterocycles. The Bertz CT molecular complexity index is 846. The quantitative estimate of drug-likeness (QED) is 0.435. The number of nitrogens with zero attached hydrogens (tertiary/aromatic N) is 1. The van der Waals surface area contributed by atoms with Crippen LogP contribution in [0.4, 0.5) is 0 Å². The van der Waals surface area contributed by atoms with Crippen LogP contribution >= 0.6 is 31.9 Å².